The average Bonchev–Trinajstić information content (AvgIpc) is 2.46. The Morgan fingerprint density at radius 1 is 1.43 bits per heavy atom. The summed E-state index contributed by atoms with van der Waals surface area (Å²) in [4.78, 5) is 16.8. The van der Waals surface area contributed by atoms with Crippen molar-refractivity contribution in [3.8, 4) is 0 Å². The molecule has 2 rings (SSSR count). The van der Waals surface area contributed by atoms with Crippen LogP contribution in [0.25, 0.3) is 10.9 Å². The van der Waals surface area contributed by atoms with Gasteiger partial charge in [0.2, 0.25) is 0 Å². The van der Waals surface area contributed by atoms with Gasteiger partial charge in [-0.1, -0.05) is 31.5 Å². The Labute approximate surface area is 124 Å². The summed E-state index contributed by atoms with van der Waals surface area (Å²) in [7, 11) is 1.63. The fourth-order valence-corrected chi connectivity index (χ4v) is 2.39. The second kappa shape index (κ2) is 7.04. The fraction of sp³-hybridized carbons (Fsp3) is 0.375. The molecule has 5 heteroatoms. The first-order valence-electron chi connectivity index (χ1n) is 7.10. The lowest BCUT2D eigenvalue weighted by Crippen LogP contribution is -2.38. The number of nitrogen functional groups attached to an aromatic ring is 1. The molecule has 1 aromatic carbocycles. The molecule has 0 radical (unpaired) electrons. The number of anilines is 1. The summed E-state index contributed by atoms with van der Waals surface area (Å²) in [6.45, 7) is 2.58. The van der Waals surface area contributed by atoms with Crippen LogP contribution in [0.4, 0.5) is 5.82 Å². The summed E-state index contributed by atoms with van der Waals surface area (Å²) >= 11 is 0. The SMILES string of the molecule is CCCC(COC)NC(=O)c1cc(N)nc2ccccc12. The summed E-state index contributed by atoms with van der Waals surface area (Å²) in [6, 6.07) is 9.11. The Hall–Kier alpha value is -2.14. The quantitative estimate of drug-likeness (QED) is 0.855. The predicted molar refractivity (Wildman–Crippen MR) is 84.2 cm³/mol. The van der Waals surface area contributed by atoms with Crippen molar-refractivity contribution in [2.45, 2.75) is 25.8 Å². The molecule has 0 aliphatic heterocycles. The second-order valence-electron chi connectivity index (χ2n) is 5.03. The lowest BCUT2D eigenvalue weighted by Gasteiger charge is -2.18. The lowest BCUT2D eigenvalue weighted by atomic mass is 10.1. The van der Waals surface area contributed by atoms with Gasteiger partial charge in [0.15, 0.2) is 0 Å². The topological polar surface area (TPSA) is 77.2 Å². The van der Waals surface area contributed by atoms with Crippen LogP contribution in [0.5, 0.6) is 0 Å². The van der Waals surface area contributed by atoms with Gasteiger partial charge in [-0.2, -0.15) is 0 Å². The number of ether oxygens (including phenoxy) is 1. The van der Waals surface area contributed by atoms with Crippen molar-refractivity contribution in [3.63, 3.8) is 0 Å². The molecule has 0 saturated heterocycles. The number of para-hydroxylation sites is 1. The standard InChI is InChI=1S/C16H21N3O2/c1-3-6-11(10-21-2)18-16(20)13-9-15(17)19-14-8-5-4-7-12(13)14/h4-5,7-9,11H,3,6,10H2,1-2H3,(H2,17,19)(H,18,20). The highest BCUT2D eigenvalue weighted by molar-refractivity contribution is 6.06. The molecule has 1 atom stereocenters. The number of fused-ring (bicyclic) bond motifs is 1. The van der Waals surface area contributed by atoms with E-state index >= 15 is 0 Å². The average molecular weight is 287 g/mol. The second-order valence-corrected chi connectivity index (χ2v) is 5.03. The van der Waals surface area contributed by atoms with E-state index in [1.165, 1.54) is 0 Å². The van der Waals surface area contributed by atoms with Crippen LogP contribution in [0.15, 0.2) is 30.3 Å². The minimum Gasteiger partial charge on any atom is -0.384 e. The van der Waals surface area contributed by atoms with Gasteiger partial charge < -0.3 is 15.8 Å². The van der Waals surface area contributed by atoms with Gasteiger partial charge >= 0.3 is 0 Å². The summed E-state index contributed by atoms with van der Waals surface area (Å²) in [5, 5.41) is 3.81. The number of nitrogens with one attached hydrogen (secondary N) is 1. The molecule has 0 aliphatic carbocycles. The molecule has 112 valence electrons. The highest BCUT2D eigenvalue weighted by atomic mass is 16.5. The molecule has 21 heavy (non-hydrogen) atoms. The Kier molecular flexibility index (Phi) is 5.11. The number of hydrogen-bond acceptors (Lipinski definition) is 4. The van der Waals surface area contributed by atoms with Gasteiger partial charge in [-0.15, -0.1) is 0 Å². The van der Waals surface area contributed by atoms with Crippen molar-refractivity contribution < 1.29 is 9.53 Å². The van der Waals surface area contributed by atoms with E-state index in [2.05, 4.69) is 17.2 Å². The maximum atomic E-state index is 12.5. The summed E-state index contributed by atoms with van der Waals surface area (Å²) < 4.78 is 5.15. The largest absolute Gasteiger partial charge is 0.384 e. The number of methoxy groups -OCH3 is 1. The van der Waals surface area contributed by atoms with E-state index in [4.69, 9.17) is 10.5 Å². The monoisotopic (exact) mass is 287 g/mol. The van der Waals surface area contributed by atoms with Gasteiger partial charge in [-0.25, -0.2) is 4.98 Å². The van der Waals surface area contributed by atoms with Crippen molar-refractivity contribution in [2.75, 3.05) is 19.5 Å². The molecule has 1 heterocycles. The van der Waals surface area contributed by atoms with Gasteiger partial charge in [0.1, 0.15) is 5.82 Å². The van der Waals surface area contributed by atoms with Gasteiger partial charge in [0, 0.05) is 12.5 Å². The number of benzene rings is 1. The number of aromatic nitrogens is 1. The van der Waals surface area contributed by atoms with Crippen LogP contribution in [-0.4, -0.2) is 30.6 Å². The van der Waals surface area contributed by atoms with Crippen molar-refractivity contribution in [2.24, 2.45) is 0 Å². The fourth-order valence-electron chi connectivity index (χ4n) is 2.39. The zero-order valence-electron chi connectivity index (χ0n) is 12.4. The van der Waals surface area contributed by atoms with E-state index in [0.29, 0.717) is 18.0 Å². The number of rotatable bonds is 6. The van der Waals surface area contributed by atoms with Crippen LogP contribution in [0.1, 0.15) is 30.1 Å². The van der Waals surface area contributed by atoms with Gasteiger partial charge in [0.05, 0.1) is 23.7 Å². The van der Waals surface area contributed by atoms with E-state index in [1.54, 1.807) is 13.2 Å². The molecule has 0 aliphatic rings. The summed E-state index contributed by atoms with van der Waals surface area (Å²) in [6.07, 6.45) is 1.85. The van der Waals surface area contributed by atoms with Crippen LogP contribution in [-0.2, 0) is 4.74 Å². The molecular weight excluding hydrogens is 266 g/mol. The molecular formula is C16H21N3O2. The summed E-state index contributed by atoms with van der Waals surface area (Å²) in [5.41, 5.74) is 7.07. The smallest absolute Gasteiger partial charge is 0.252 e. The van der Waals surface area contributed by atoms with Gasteiger partial charge in [-0.05, 0) is 18.6 Å². The molecule has 1 aromatic heterocycles. The maximum Gasteiger partial charge on any atom is 0.252 e. The number of nitrogens with two attached hydrogens (primary N) is 1. The number of amides is 1. The molecule has 5 nitrogen and oxygen atoms in total. The molecule has 0 fully saturated rings. The van der Waals surface area contributed by atoms with E-state index in [9.17, 15) is 4.79 Å². The van der Waals surface area contributed by atoms with E-state index in [1.807, 2.05) is 24.3 Å². The van der Waals surface area contributed by atoms with Crippen LogP contribution < -0.4 is 11.1 Å². The van der Waals surface area contributed by atoms with Gasteiger partial charge in [-0.3, -0.25) is 4.79 Å². The molecule has 3 N–H and O–H groups in total. The molecule has 0 bridgehead atoms. The number of nitrogens with zero attached hydrogens (tertiary/aromatic N) is 1. The first-order valence-corrected chi connectivity index (χ1v) is 7.10. The Morgan fingerprint density at radius 2 is 2.19 bits per heavy atom. The molecule has 1 amide bonds. The minimum atomic E-state index is -0.143. The van der Waals surface area contributed by atoms with E-state index < -0.39 is 0 Å². The molecule has 0 saturated carbocycles. The Morgan fingerprint density at radius 3 is 2.90 bits per heavy atom. The summed E-state index contributed by atoms with van der Waals surface area (Å²) in [5.74, 6) is 0.202. The van der Waals surface area contributed by atoms with E-state index in [0.717, 1.165) is 23.7 Å². The Balaban J connectivity index is 2.30. The number of carbonyl (C=O) groups is 1. The first-order chi connectivity index (χ1) is 10.2. The van der Waals surface area contributed by atoms with Crippen LogP contribution in [0.3, 0.4) is 0 Å². The van der Waals surface area contributed by atoms with E-state index in [-0.39, 0.29) is 11.9 Å². The van der Waals surface area contributed by atoms with Crippen LogP contribution in [0.2, 0.25) is 0 Å². The van der Waals surface area contributed by atoms with Gasteiger partial charge in [0.25, 0.3) is 5.91 Å². The molecule has 2 aromatic rings. The number of carbonyl (C=O) groups excluding carboxylic acids is 1. The normalized spacial score (nSPS) is 12.3. The zero-order valence-corrected chi connectivity index (χ0v) is 12.4. The van der Waals surface area contributed by atoms with Crippen molar-refractivity contribution in [1.29, 1.82) is 0 Å². The third-order valence-corrected chi connectivity index (χ3v) is 3.32. The number of hydrogen-bond donors (Lipinski definition) is 2. The van der Waals surface area contributed by atoms with Crippen LogP contribution in [0, 0.1) is 0 Å². The maximum absolute atomic E-state index is 12.5. The lowest BCUT2D eigenvalue weighted by molar-refractivity contribution is 0.0893. The van der Waals surface area contributed by atoms with Crippen molar-refractivity contribution in [1.82, 2.24) is 10.3 Å². The number of pyridine rings is 1. The first kappa shape index (κ1) is 15.3. The highest BCUT2D eigenvalue weighted by Crippen LogP contribution is 2.19. The van der Waals surface area contributed by atoms with Crippen LogP contribution >= 0.6 is 0 Å². The molecule has 1 unspecified atom stereocenters. The molecule has 0 spiro atoms. The third kappa shape index (κ3) is 3.70. The van der Waals surface area contributed by atoms with Crippen molar-refractivity contribution >= 4 is 22.6 Å². The minimum absolute atomic E-state index is 0.000604. The zero-order chi connectivity index (χ0) is 15.2. The third-order valence-electron chi connectivity index (χ3n) is 3.32. The Bertz CT molecular complexity index is 622. The highest BCUT2D eigenvalue weighted by Gasteiger charge is 2.16. The predicted octanol–water partition coefficient (Wildman–Crippen LogP) is 2.36. The van der Waals surface area contributed by atoms with Crippen molar-refractivity contribution in [3.05, 3.63) is 35.9 Å².